The monoisotopic (exact) mass is 450 g/mol. The fourth-order valence-corrected chi connectivity index (χ4v) is 4.81. The number of aromatic nitrogens is 3. The third-order valence-corrected chi connectivity index (χ3v) is 6.48. The maximum absolute atomic E-state index is 12.2. The third kappa shape index (κ3) is 6.02. The molecule has 1 amide bonds. The van der Waals surface area contributed by atoms with Gasteiger partial charge in [-0.25, -0.2) is 4.98 Å². The number of carbonyl (C=O) groups is 1. The second-order valence-electron chi connectivity index (χ2n) is 7.18. The number of hydrogen-bond donors (Lipinski definition) is 1. The fraction of sp³-hybridized carbons (Fsp3) is 0.217. The molecule has 8 heteroatoms. The number of thioether (sulfide) groups is 1. The lowest BCUT2D eigenvalue weighted by molar-refractivity contribution is -0.116. The highest BCUT2D eigenvalue weighted by Gasteiger charge is 2.12. The predicted molar refractivity (Wildman–Crippen MR) is 124 cm³/mol. The molecule has 0 atom stereocenters. The molecule has 0 saturated carbocycles. The SMILES string of the molecule is Cc1cc(C)cc(NC(=O)CCc2nc(CSc3nc(-c4ccccc4)cs3)no2)c1. The Balaban J connectivity index is 1.26. The third-order valence-electron chi connectivity index (χ3n) is 4.46. The standard InChI is InChI=1S/C23H22N4O2S2/c1-15-10-16(2)12-18(11-15)24-21(28)8-9-22-26-20(27-29-22)14-31-23-25-19(13-30-23)17-6-4-3-5-7-17/h3-7,10-13H,8-9,14H2,1-2H3,(H,24,28). The van der Waals surface area contributed by atoms with Crippen molar-refractivity contribution in [2.45, 2.75) is 36.8 Å². The Kier molecular flexibility index (Phi) is 6.79. The first kappa shape index (κ1) is 21.3. The van der Waals surface area contributed by atoms with E-state index in [4.69, 9.17) is 4.52 Å². The maximum Gasteiger partial charge on any atom is 0.227 e. The molecule has 4 rings (SSSR count). The van der Waals surface area contributed by atoms with Crippen molar-refractivity contribution < 1.29 is 9.32 Å². The van der Waals surface area contributed by atoms with Gasteiger partial charge < -0.3 is 9.84 Å². The van der Waals surface area contributed by atoms with Crippen molar-refractivity contribution in [3.8, 4) is 11.3 Å². The van der Waals surface area contributed by atoms with Crippen molar-refractivity contribution in [2.24, 2.45) is 0 Å². The van der Waals surface area contributed by atoms with Crippen LogP contribution >= 0.6 is 23.1 Å². The second-order valence-corrected chi connectivity index (χ2v) is 9.26. The van der Waals surface area contributed by atoms with Crippen LogP contribution in [0.3, 0.4) is 0 Å². The predicted octanol–water partition coefficient (Wildman–Crippen LogP) is 5.67. The van der Waals surface area contributed by atoms with Crippen LogP contribution in [0.5, 0.6) is 0 Å². The smallest absolute Gasteiger partial charge is 0.227 e. The van der Waals surface area contributed by atoms with Gasteiger partial charge in [0.15, 0.2) is 10.2 Å². The van der Waals surface area contributed by atoms with Crippen LogP contribution in [-0.2, 0) is 17.0 Å². The lowest BCUT2D eigenvalue weighted by atomic mass is 10.1. The molecule has 2 aromatic carbocycles. The van der Waals surface area contributed by atoms with Crippen molar-refractivity contribution in [1.82, 2.24) is 15.1 Å². The summed E-state index contributed by atoms with van der Waals surface area (Å²) in [5.41, 5.74) is 5.11. The largest absolute Gasteiger partial charge is 0.339 e. The van der Waals surface area contributed by atoms with Crippen molar-refractivity contribution >= 4 is 34.7 Å². The van der Waals surface area contributed by atoms with Gasteiger partial charge in [-0.3, -0.25) is 4.79 Å². The Morgan fingerprint density at radius 2 is 1.87 bits per heavy atom. The van der Waals surface area contributed by atoms with Crippen LogP contribution in [0.25, 0.3) is 11.3 Å². The van der Waals surface area contributed by atoms with Gasteiger partial charge >= 0.3 is 0 Å². The molecule has 0 aliphatic rings. The molecule has 0 aliphatic heterocycles. The molecule has 2 heterocycles. The Hall–Kier alpha value is -2.97. The highest BCUT2D eigenvalue weighted by molar-refractivity contribution is 8.00. The summed E-state index contributed by atoms with van der Waals surface area (Å²) in [5, 5.41) is 8.99. The van der Waals surface area contributed by atoms with E-state index >= 15 is 0 Å². The van der Waals surface area contributed by atoms with E-state index < -0.39 is 0 Å². The summed E-state index contributed by atoms with van der Waals surface area (Å²) in [6.45, 7) is 4.02. The number of benzene rings is 2. The number of nitrogens with one attached hydrogen (secondary N) is 1. The first-order chi connectivity index (χ1) is 15.0. The number of carbonyl (C=O) groups excluding carboxylic acids is 1. The normalized spacial score (nSPS) is 10.9. The topological polar surface area (TPSA) is 80.9 Å². The summed E-state index contributed by atoms with van der Waals surface area (Å²) in [6.07, 6.45) is 0.693. The average Bonchev–Trinajstić information content (AvgIpc) is 3.40. The van der Waals surface area contributed by atoms with Crippen LogP contribution < -0.4 is 5.32 Å². The number of amides is 1. The van der Waals surface area contributed by atoms with Crippen molar-refractivity contribution in [1.29, 1.82) is 0 Å². The van der Waals surface area contributed by atoms with E-state index in [1.807, 2.05) is 61.7 Å². The Bertz CT molecular complexity index is 1150. The zero-order valence-electron chi connectivity index (χ0n) is 17.3. The van der Waals surface area contributed by atoms with E-state index in [-0.39, 0.29) is 12.3 Å². The quantitative estimate of drug-likeness (QED) is 0.348. The van der Waals surface area contributed by atoms with E-state index in [1.165, 1.54) is 0 Å². The van der Waals surface area contributed by atoms with E-state index in [0.29, 0.717) is 23.9 Å². The molecule has 6 nitrogen and oxygen atoms in total. The molecule has 0 bridgehead atoms. The lowest BCUT2D eigenvalue weighted by Crippen LogP contribution is -2.12. The molecular weight excluding hydrogens is 428 g/mol. The highest BCUT2D eigenvalue weighted by Crippen LogP contribution is 2.29. The lowest BCUT2D eigenvalue weighted by Gasteiger charge is -2.06. The van der Waals surface area contributed by atoms with Crippen molar-refractivity contribution in [3.05, 3.63) is 76.8 Å². The maximum atomic E-state index is 12.2. The summed E-state index contributed by atoms with van der Waals surface area (Å²) in [7, 11) is 0. The summed E-state index contributed by atoms with van der Waals surface area (Å²) in [4.78, 5) is 21.3. The van der Waals surface area contributed by atoms with Gasteiger partial charge in [0.1, 0.15) is 0 Å². The van der Waals surface area contributed by atoms with Gasteiger partial charge in [-0.1, -0.05) is 53.3 Å². The summed E-state index contributed by atoms with van der Waals surface area (Å²) < 4.78 is 6.25. The van der Waals surface area contributed by atoms with Gasteiger partial charge in [0.05, 0.1) is 11.4 Å². The van der Waals surface area contributed by atoms with Gasteiger partial charge in [-0.15, -0.1) is 11.3 Å². The number of thiazole rings is 1. The first-order valence-electron chi connectivity index (χ1n) is 9.88. The van der Waals surface area contributed by atoms with Gasteiger partial charge in [0.25, 0.3) is 0 Å². The molecule has 0 aliphatic carbocycles. The van der Waals surface area contributed by atoms with Crippen LogP contribution in [0.4, 0.5) is 5.69 Å². The Morgan fingerprint density at radius 3 is 2.65 bits per heavy atom. The molecule has 31 heavy (non-hydrogen) atoms. The molecule has 0 unspecified atom stereocenters. The summed E-state index contributed by atoms with van der Waals surface area (Å²) >= 11 is 3.17. The number of aryl methyl sites for hydroxylation is 3. The minimum atomic E-state index is -0.0737. The van der Waals surface area contributed by atoms with Gasteiger partial charge in [0, 0.05) is 29.5 Å². The molecular formula is C23H22N4O2S2. The molecule has 158 valence electrons. The fourth-order valence-electron chi connectivity index (χ4n) is 3.13. The second kappa shape index (κ2) is 9.89. The zero-order valence-corrected chi connectivity index (χ0v) is 18.9. The number of hydrogen-bond acceptors (Lipinski definition) is 7. The average molecular weight is 451 g/mol. The minimum absolute atomic E-state index is 0.0737. The van der Waals surface area contributed by atoms with Crippen LogP contribution in [0.2, 0.25) is 0 Å². The number of rotatable bonds is 8. The minimum Gasteiger partial charge on any atom is -0.339 e. The Labute approximate surface area is 189 Å². The van der Waals surface area contributed by atoms with Gasteiger partial charge in [-0.2, -0.15) is 4.98 Å². The molecule has 1 N–H and O–H groups in total. The van der Waals surface area contributed by atoms with E-state index in [2.05, 4.69) is 26.5 Å². The van der Waals surface area contributed by atoms with Crippen LogP contribution in [0.15, 0.2) is 62.8 Å². The number of nitrogens with zero attached hydrogens (tertiary/aromatic N) is 3. The first-order valence-corrected chi connectivity index (χ1v) is 11.7. The van der Waals surface area contributed by atoms with E-state index in [0.717, 1.165) is 32.4 Å². The van der Waals surface area contributed by atoms with Gasteiger partial charge in [-0.05, 0) is 37.1 Å². The zero-order chi connectivity index (χ0) is 21.6. The van der Waals surface area contributed by atoms with Gasteiger partial charge in [0.2, 0.25) is 11.8 Å². The summed E-state index contributed by atoms with van der Waals surface area (Å²) in [5.74, 6) is 1.57. The van der Waals surface area contributed by atoms with Crippen molar-refractivity contribution in [3.63, 3.8) is 0 Å². The summed E-state index contributed by atoms with van der Waals surface area (Å²) in [6, 6.07) is 16.1. The molecule has 0 radical (unpaired) electrons. The van der Waals surface area contributed by atoms with E-state index in [1.54, 1.807) is 23.1 Å². The van der Waals surface area contributed by atoms with Crippen LogP contribution in [0, 0.1) is 13.8 Å². The highest BCUT2D eigenvalue weighted by atomic mass is 32.2. The van der Waals surface area contributed by atoms with Crippen molar-refractivity contribution in [2.75, 3.05) is 5.32 Å². The van der Waals surface area contributed by atoms with Crippen LogP contribution in [-0.4, -0.2) is 21.0 Å². The molecule has 4 aromatic rings. The Morgan fingerprint density at radius 1 is 1.10 bits per heavy atom. The number of anilines is 1. The van der Waals surface area contributed by atoms with Crippen LogP contribution in [0.1, 0.15) is 29.3 Å². The van der Waals surface area contributed by atoms with E-state index in [9.17, 15) is 4.79 Å². The molecule has 0 fully saturated rings. The molecule has 0 spiro atoms. The molecule has 0 saturated heterocycles. The molecule has 2 aromatic heterocycles.